The molecule has 14 heteroatoms. The molecule has 1 aromatic rings. The number of aromatic nitrogens is 2. The van der Waals surface area contributed by atoms with Crippen LogP contribution in [0.1, 0.15) is 56.2 Å². The third-order valence-electron chi connectivity index (χ3n) is 6.83. The predicted octanol–water partition coefficient (Wildman–Crippen LogP) is 3.08. The first-order valence-corrected chi connectivity index (χ1v) is 10.6. The van der Waals surface area contributed by atoms with Gasteiger partial charge in [0.25, 0.3) is 0 Å². The lowest BCUT2D eigenvalue weighted by Crippen LogP contribution is -2.77. The van der Waals surface area contributed by atoms with Gasteiger partial charge in [0.2, 0.25) is 17.7 Å². The minimum Gasteiger partial charge on any atom is -0.424 e. The van der Waals surface area contributed by atoms with Crippen molar-refractivity contribution in [2.75, 3.05) is 13.2 Å². The molecule has 1 aromatic heterocycles. The average molecular weight is 485 g/mol. The van der Waals surface area contributed by atoms with Crippen LogP contribution in [0.3, 0.4) is 0 Å². The lowest BCUT2D eigenvalue weighted by atomic mass is 9.39. The number of hydrogen-bond donors (Lipinski definition) is 1. The van der Waals surface area contributed by atoms with Crippen molar-refractivity contribution in [1.29, 1.82) is 0 Å². The van der Waals surface area contributed by atoms with Gasteiger partial charge < -0.3 is 14.5 Å². The second-order valence-electron chi connectivity index (χ2n) is 9.53. The van der Waals surface area contributed by atoms with E-state index < -0.39 is 31.5 Å². The highest BCUT2D eigenvalue weighted by molar-refractivity contribution is 5.79. The Balaban J connectivity index is 1.01. The Kier molecular flexibility index (Phi) is 5.22. The highest BCUT2D eigenvalue weighted by Crippen LogP contribution is 2.67. The molecule has 184 valence electrons. The number of nitrogens with zero attached hydrogens (tertiary/aromatic N) is 2. The summed E-state index contributed by atoms with van der Waals surface area (Å²) >= 11 is 0. The van der Waals surface area contributed by atoms with Crippen molar-refractivity contribution in [3.63, 3.8) is 0 Å². The fraction of sp³-hybridized carbons (Fsp3) is 0.842. The van der Waals surface area contributed by atoms with E-state index in [0.29, 0.717) is 37.5 Å². The van der Waals surface area contributed by atoms with Crippen LogP contribution in [0.25, 0.3) is 0 Å². The second kappa shape index (κ2) is 7.54. The highest BCUT2D eigenvalue weighted by Gasteiger charge is 2.72. The molecule has 1 heterocycles. The number of carbonyl (C=O) groups excluding carboxylic acids is 1. The van der Waals surface area contributed by atoms with Crippen LogP contribution in [0.2, 0.25) is 0 Å². The molecule has 5 aliphatic carbocycles. The first-order chi connectivity index (χ1) is 15.3. The number of nitrogens with one attached hydrogen (secondary N) is 1. The summed E-state index contributed by atoms with van der Waals surface area (Å²) in [5, 5.41) is 10.9. The Hall–Kier alpha value is -1.93. The Bertz CT molecular complexity index is 893. The summed E-state index contributed by atoms with van der Waals surface area (Å²) in [4.78, 5) is 12.2. The molecule has 2 bridgehead atoms. The van der Waals surface area contributed by atoms with Gasteiger partial charge in [0, 0.05) is 24.3 Å². The average Bonchev–Trinajstić information content (AvgIpc) is 3.22. The SMILES string of the molecule is O=C(COC1CC(OC(F)(F)F)C1)NC12CC(c3nnc(C4C[C@H]4COC(F)(F)F)o3)(C1)C2. The zero-order chi connectivity index (χ0) is 23.6. The van der Waals surface area contributed by atoms with E-state index in [0.717, 1.165) is 0 Å². The van der Waals surface area contributed by atoms with Gasteiger partial charge in [0.15, 0.2) is 0 Å². The molecule has 2 atom stereocenters. The number of rotatable bonds is 9. The molecular weight excluding hydrogens is 464 g/mol. The van der Waals surface area contributed by atoms with Gasteiger partial charge in [-0.2, -0.15) is 0 Å². The summed E-state index contributed by atoms with van der Waals surface area (Å²) in [6.07, 6.45) is -8.23. The molecule has 1 unspecified atom stereocenters. The van der Waals surface area contributed by atoms with Crippen molar-refractivity contribution < 1.29 is 49.8 Å². The van der Waals surface area contributed by atoms with E-state index >= 15 is 0 Å². The summed E-state index contributed by atoms with van der Waals surface area (Å²) in [5.41, 5.74) is -0.721. The maximum Gasteiger partial charge on any atom is 0.522 e. The fourth-order valence-electron chi connectivity index (χ4n) is 5.15. The van der Waals surface area contributed by atoms with Gasteiger partial charge >= 0.3 is 12.7 Å². The molecule has 0 aromatic carbocycles. The van der Waals surface area contributed by atoms with Gasteiger partial charge in [-0.05, 0) is 31.6 Å². The maximum absolute atomic E-state index is 12.2. The molecule has 5 saturated carbocycles. The third kappa shape index (κ3) is 4.83. The van der Waals surface area contributed by atoms with E-state index in [1.165, 1.54) is 0 Å². The van der Waals surface area contributed by atoms with Gasteiger partial charge in [-0.1, -0.05) is 0 Å². The molecule has 1 amide bonds. The second-order valence-corrected chi connectivity index (χ2v) is 9.53. The first kappa shape index (κ1) is 22.8. The molecule has 0 aliphatic heterocycles. The highest BCUT2D eigenvalue weighted by atomic mass is 19.4. The van der Waals surface area contributed by atoms with Crippen LogP contribution < -0.4 is 5.32 Å². The minimum atomic E-state index is -4.67. The Morgan fingerprint density at radius 3 is 2.36 bits per heavy atom. The van der Waals surface area contributed by atoms with Crippen molar-refractivity contribution in [3.05, 3.63) is 11.8 Å². The third-order valence-corrected chi connectivity index (χ3v) is 6.83. The number of hydrogen-bond acceptors (Lipinski definition) is 7. The van der Waals surface area contributed by atoms with Crippen LogP contribution in [0.4, 0.5) is 26.3 Å². The van der Waals surface area contributed by atoms with E-state index in [9.17, 15) is 31.1 Å². The quantitative estimate of drug-likeness (QED) is 0.537. The number of ether oxygens (including phenoxy) is 3. The molecule has 1 N–H and O–H groups in total. The van der Waals surface area contributed by atoms with Gasteiger partial charge in [-0.25, -0.2) is 0 Å². The number of carbonyl (C=O) groups is 1. The molecule has 6 rings (SSSR count). The monoisotopic (exact) mass is 485 g/mol. The van der Waals surface area contributed by atoms with Crippen molar-refractivity contribution in [2.45, 2.75) is 80.3 Å². The van der Waals surface area contributed by atoms with Gasteiger partial charge in [-0.15, -0.1) is 36.5 Å². The largest absolute Gasteiger partial charge is 0.522 e. The molecule has 5 fully saturated rings. The summed E-state index contributed by atoms with van der Waals surface area (Å²) in [5.74, 6) is -0.146. The summed E-state index contributed by atoms with van der Waals surface area (Å²) in [6.45, 7) is -0.684. The van der Waals surface area contributed by atoms with E-state index in [1.807, 2.05) is 0 Å². The molecule has 5 aliphatic rings. The van der Waals surface area contributed by atoms with Crippen LogP contribution in [0, 0.1) is 5.92 Å². The first-order valence-electron chi connectivity index (χ1n) is 10.6. The number of alkyl halides is 6. The zero-order valence-electron chi connectivity index (χ0n) is 17.2. The van der Waals surface area contributed by atoms with E-state index in [1.54, 1.807) is 0 Å². The van der Waals surface area contributed by atoms with Crippen molar-refractivity contribution >= 4 is 5.91 Å². The standard InChI is InChI=1S/C19H21F6N3O5/c20-18(21,22)31-4-9-1-12(9)14-27-28-15(32-14)16-6-17(7-16,8-16)26-13(29)5-30-10-2-11(3-10)33-19(23,24)25/h9-12H,1-8H2,(H,26,29)/t9-,10?,11?,12?,16?,17?/m0/s1. The van der Waals surface area contributed by atoms with Gasteiger partial charge in [0.1, 0.15) is 6.61 Å². The molecule has 8 nitrogen and oxygen atoms in total. The smallest absolute Gasteiger partial charge is 0.424 e. The van der Waals surface area contributed by atoms with Crippen molar-refractivity contribution in [2.24, 2.45) is 5.92 Å². The normalized spacial score (nSPS) is 37.0. The van der Waals surface area contributed by atoms with Crippen LogP contribution in [0.5, 0.6) is 0 Å². The molecule has 33 heavy (non-hydrogen) atoms. The van der Waals surface area contributed by atoms with E-state index in [-0.39, 0.29) is 48.1 Å². The lowest BCUT2D eigenvalue weighted by molar-refractivity contribution is -0.357. The molecule has 0 radical (unpaired) electrons. The van der Waals surface area contributed by atoms with E-state index in [2.05, 4.69) is 25.0 Å². The number of amides is 1. The molecule has 0 saturated heterocycles. The summed E-state index contributed by atoms with van der Waals surface area (Å²) in [6, 6.07) is 0. The Morgan fingerprint density at radius 2 is 1.73 bits per heavy atom. The van der Waals surface area contributed by atoms with Gasteiger partial charge in [0.05, 0.1) is 24.2 Å². The maximum atomic E-state index is 12.2. The van der Waals surface area contributed by atoms with Crippen LogP contribution in [-0.4, -0.2) is 59.8 Å². The Morgan fingerprint density at radius 1 is 1.03 bits per heavy atom. The van der Waals surface area contributed by atoms with Crippen LogP contribution in [0.15, 0.2) is 4.42 Å². The Labute approximate surface area is 183 Å². The van der Waals surface area contributed by atoms with Crippen molar-refractivity contribution in [3.8, 4) is 0 Å². The predicted molar refractivity (Wildman–Crippen MR) is 93.5 cm³/mol. The summed E-state index contributed by atoms with van der Waals surface area (Å²) in [7, 11) is 0. The zero-order valence-corrected chi connectivity index (χ0v) is 17.2. The topological polar surface area (TPSA) is 95.7 Å². The minimum absolute atomic E-state index is 0.0880. The fourth-order valence-corrected chi connectivity index (χ4v) is 5.15. The van der Waals surface area contributed by atoms with Gasteiger partial charge in [-0.3, -0.25) is 14.3 Å². The van der Waals surface area contributed by atoms with Crippen LogP contribution >= 0.6 is 0 Å². The lowest BCUT2D eigenvalue weighted by Gasteiger charge is -2.68. The molecular formula is C19H21F6N3O5. The number of halogens is 6. The summed E-state index contributed by atoms with van der Waals surface area (Å²) < 4.78 is 91.5. The molecule has 0 spiro atoms. The van der Waals surface area contributed by atoms with Crippen molar-refractivity contribution in [1.82, 2.24) is 15.5 Å². The van der Waals surface area contributed by atoms with Crippen LogP contribution in [-0.2, 0) is 24.4 Å². The van der Waals surface area contributed by atoms with E-state index in [4.69, 9.17) is 9.15 Å².